The van der Waals surface area contributed by atoms with Crippen molar-refractivity contribution in [3.63, 3.8) is 0 Å². The molecule has 0 radical (unpaired) electrons. The van der Waals surface area contributed by atoms with Crippen LogP contribution < -0.4 is 15.1 Å². The van der Waals surface area contributed by atoms with Crippen LogP contribution in [0.4, 0.5) is 0 Å². The highest BCUT2D eigenvalue weighted by molar-refractivity contribution is 5.93. The Kier molecular flexibility index (Phi) is 4.27. The number of benzene rings is 1. The molecule has 0 saturated carbocycles. The zero-order valence-corrected chi connectivity index (χ0v) is 15.4. The fourth-order valence-corrected chi connectivity index (χ4v) is 3.57. The topological polar surface area (TPSA) is 108 Å². The van der Waals surface area contributed by atoms with Gasteiger partial charge in [-0.1, -0.05) is 0 Å². The first-order valence-electron chi connectivity index (χ1n) is 9.29. The summed E-state index contributed by atoms with van der Waals surface area (Å²) < 4.78 is 21.4. The van der Waals surface area contributed by atoms with E-state index in [9.17, 15) is 9.59 Å². The van der Waals surface area contributed by atoms with E-state index in [1.807, 2.05) is 6.07 Å². The van der Waals surface area contributed by atoms with E-state index in [4.69, 9.17) is 18.3 Å². The second-order valence-corrected chi connectivity index (χ2v) is 6.95. The third-order valence-electron chi connectivity index (χ3n) is 5.07. The van der Waals surface area contributed by atoms with Gasteiger partial charge in [0.05, 0.1) is 11.5 Å². The van der Waals surface area contributed by atoms with Gasteiger partial charge >= 0.3 is 5.63 Å². The fourth-order valence-electron chi connectivity index (χ4n) is 3.57. The molecule has 2 aromatic heterocycles. The first-order valence-corrected chi connectivity index (χ1v) is 9.29. The highest BCUT2D eigenvalue weighted by Crippen LogP contribution is 2.36. The van der Waals surface area contributed by atoms with Gasteiger partial charge in [0.25, 0.3) is 5.91 Å². The van der Waals surface area contributed by atoms with E-state index in [0.717, 1.165) is 18.4 Å². The summed E-state index contributed by atoms with van der Waals surface area (Å²) in [6.45, 7) is 1.28. The summed E-state index contributed by atoms with van der Waals surface area (Å²) in [5.74, 6) is 1.98. The predicted molar refractivity (Wildman–Crippen MR) is 98.7 cm³/mol. The lowest BCUT2D eigenvalue weighted by Crippen LogP contribution is -2.39. The first-order chi connectivity index (χ1) is 14.2. The van der Waals surface area contributed by atoms with E-state index >= 15 is 0 Å². The molecule has 29 heavy (non-hydrogen) atoms. The Labute approximate surface area is 164 Å². The minimum absolute atomic E-state index is 0.0568. The van der Waals surface area contributed by atoms with Crippen LogP contribution in [0.2, 0.25) is 0 Å². The van der Waals surface area contributed by atoms with Gasteiger partial charge in [0, 0.05) is 24.7 Å². The average Bonchev–Trinajstić information content (AvgIpc) is 3.43. The normalized spacial score (nSPS) is 18.1. The van der Waals surface area contributed by atoms with Gasteiger partial charge in [0.1, 0.15) is 6.26 Å². The monoisotopic (exact) mass is 395 g/mol. The molecule has 4 heterocycles. The van der Waals surface area contributed by atoms with E-state index < -0.39 is 5.63 Å². The summed E-state index contributed by atoms with van der Waals surface area (Å²) in [6.07, 6.45) is 2.85. The Morgan fingerprint density at radius 3 is 2.86 bits per heavy atom. The maximum Gasteiger partial charge on any atom is 0.335 e. The highest BCUT2D eigenvalue weighted by Gasteiger charge is 2.29. The third kappa shape index (κ3) is 3.35. The van der Waals surface area contributed by atoms with Crippen LogP contribution in [0.5, 0.6) is 11.5 Å². The molecule has 9 heteroatoms. The predicted octanol–water partition coefficient (Wildman–Crippen LogP) is 2.44. The number of carbonyl (C=O) groups excluding carboxylic acids is 1. The van der Waals surface area contributed by atoms with Gasteiger partial charge < -0.3 is 23.2 Å². The molecule has 1 aromatic carbocycles. The molecule has 0 aliphatic carbocycles. The molecule has 2 aliphatic rings. The number of rotatable bonds is 3. The van der Waals surface area contributed by atoms with E-state index in [-0.39, 0.29) is 18.6 Å². The van der Waals surface area contributed by atoms with Crippen LogP contribution in [-0.2, 0) is 0 Å². The van der Waals surface area contributed by atoms with Crippen LogP contribution in [0.1, 0.15) is 35.0 Å². The number of carbonyl (C=O) groups is 1. The first kappa shape index (κ1) is 17.5. The number of hydrogen-bond acceptors (Lipinski definition) is 8. The molecule has 0 spiro atoms. The van der Waals surface area contributed by atoms with E-state index in [1.54, 1.807) is 17.0 Å². The van der Waals surface area contributed by atoms with Gasteiger partial charge in [-0.05, 0) is 37.1 Å². The van der Waals surface area contributed by atoms with E-state index in [1.165, 1.54) is 18.4 Å². The molecule has 1 amide bonds. The maximum atomic E-state index is 12.7. The molecule has 1 saturated heterocycles. The summed E-state index contributed by atoms with van der Waals surface area (Å²) >= 11 is 0. The molecule has 0 bridgehead atoms. The standard InChI is InChI=1S/C20H17N3O6/c24-17-6-4-14(10-26-17)20(25)23-7-1-2-13(9-23)19-22-21-18(29-19)12-3-5-15-16(8-12)28-11-27-15/h3-6,8,10,13H,1-2,7,9,11H2. The number of amides is 1. The number of likely N-dealkylation sites (tertiary alicyclic amines) is 1. The molecule has 3 aromatic rings. The van der Waals surface area contributed by atoms with Crippen LogP contribution in [-0.4, -0.2) is 40.9 Å². The van der Waals surface area contributed by atoms with Gasteiger partial charge in [-0.25, -0.2) is 4.79 Å². The molecule has 1 fully saturated rings. The average molecular weight is 395 g/mol. The minimum Gasteiger partial charge on any atom is -0.454 e. The SMILES string of the molecule is O=C(c1ccc(=O)oc1)N1CCCC(c2nnc(-c3ccc4c(c3)OCO4)o2)C1. The van der Waals surface area contributed by atoms with Gasteiger partial charge in [-0.15, -0.1) is 10.2 Å². The second kappa shape index (κ2) is 7.08. The quantitative estimate of drug-likeness (QED) is 0.665. The van der Waals surface area contributed by atoms with Crippen LogP contribution in [0.25, 0.3) is 11.5 Å². The van der Waals surface area contributed by atoms with E-state index in [0.29, 0.717) is 41.9 Å². The van der Waals surface area contributed by atoms with Crippen molar-refractivity contribution in [3.05, 3.63) is 58.5 Å². The number of hydrogen-bond donors (Lipinski definition) is 0. The Hall–Kier alpha value is -3.62. The van der Waals surface area contributed by atoms with Crippen LogP contribution in [0.15, 0.2) is 50.2 Å². The van der Waals surface area contributed by atoms with Crippen molar-refractivity contribution in [2.45, 2.75) is 18.8 Å². The van der Waals surface area contributed by atoms with Gasteiger partial charge in [0.15, 0.2) is 11.5 Å². The van der Waals surface area contributed by atoms with Gasteiger partial charge in [0.2, 0.25) is 18.6 Å². The third-order valence-corrected chi connectivity index (χ3v) is 5.07. The van der Waals surface area contributed by atoms with Gasteiger partial charge in [-0.2, -0.15) is 0 Å². The molecule has 1 unspecified atom stereocenters. The zero-order chi connectivity index (χ0) is 19.8. The molecule has 9 nitrogen and oxygen atoms in total. The van der Waals surface area contributed by atoms with Crippen LogP contribution >= 0.6 is 0 Å². The highest BCUT2D eigenvalue weighted by atomic mass is 16.7. The Balaban J connectivity index is 1.33. The largest absolute Gasteiger partial charge is 0.454 e. The molecule has 148 valence electrons. The molecule has 5 rings (SSSR count). The summed E-state index contributed by atoms with van der Waals surface area (Å²) in [7, 11) is 0. The van der Waals surface area contributed by atoms with Crippen molar-refractivity contribution in [2.24, 2.45) is 0 Å². The zero-order valence-electron chi connectivity index (χ0n) is 15.4. The number of ether oxygens (including phenoxy) is 2. The van der Waals surface area contributed by atoms with Crippen molar-refractivity contribution >= 4 is 5.91 Å². The summed E-state index contributed by atoms with van der Waals surface area (Å²) in [4.78, 5) is 25.5. The van der Waals surface area contributed by atoms with Gasteiger partial charge in [-0.3, -0.25) is 4.79 Å². The molecule has 1 atom stereocenters. The fraction of sp³-hybridized carbons (Fsp3) is 0.300. The van der Waals surface area contributed by atoms with Crippen molar-refractivity contribution in [1.82, 2.24) is 15.1 Å². The van der Waals surface area contributed by atoms with Crippen molar-refractivity contribution in [1.29, 1.82) is 0 Å². The lowest BCUT2D eigenvalue weighted by atomic mass is 9.97. The summed E-state index contributed by atoms with van der Waals surface area (Å²) in [5, 5.41) is 8.36. The molecular formula is C20H17N3O6. The number of nitrogens with zero attached hydrogens (tertiary/aromatic N) is 3. The maximum absolute atomic E-state index is 12.7. The summed E-state index contributed by atoms with van der Waals surface area (Å²) in [6, 6.07) is 8.16. The molecular weight excluding hydrogens is 378 g/mol. The Morgan fingerprint density at radius 2 is 2.00 bits per heavy atom. The molecule has 2 aliphatic heterocycles. The van der Waals surface area contributed by atoms with E-state index in [2.05, 4.69) is 10.2 Å². The van der Waals surface area contributed by atoms with Crippen molar-refractivity contribution in [2.75, 3.05) is 19.9 Å². The number of aromatic nitrogens is 2. The Bertz CT molecular complexity index is 1100. The van der Waals surface area contributed by atoms with Crippen molar-refractivity contribution in [3.8, 4) is 23.0 Å². The number of piperidine rings is 1. The van der Waals surface area contributed by atoms with Crippen LogP contribution in [0.3, 0.4) is 0 Å². The van der Waals surface area contributed by atoms with Crippen molar-refractivity contribution < 1.29 is 23.1 Å². The number of fused-ring (bicyclic) bond motifs is 1. The lowest BCUT2D eigenvalue weighted by Gasteiger charge is -2.31. The second-order valence-electron chi connectivity index (χ2n) is 6.95. The molecule has 0 N–H and O–H groups in total. The smallest absolute Gasteiger partial charge is 0.335 e. The lowest BCUT2D eigenvalue weighted by molar-refractivity contribution is 0.0695. The Morgan fingerprint density at radius 1 is 1.10 bits per heavy atom. The summed E-state index contributed by atoms with van der Waals surface area (Å²) in [5.41, 5.74) is 0.605. The van der Waals surface area contributed by atoms with Crippen LogP contribution in [0, 0.1) is 0 Å². The minimum atomic E-state index is -0.486.